The summed E-state index contributed by atoms with van der Waals surface area (Å²) in [4.78, 5) is 14.7. The van der Waals surface area contributed by atoms with Crippen LogP contribution in [-0.2, 0) is 14.8 Å². The number of hydrogen-bond donors (Lipinski definition) is 1. The van der Waals surface area contributed by atoms with E-state index >= 15 is 0 Å². The third-order valence-electron chi connectivity index (χ3n) is 5.34. The number of nitrogens with one attached hydrogen (secondary N) is 1. The van der Waals surface area contributed by atoms with Crippen molar-refractivity contribution < 1.29 is 17.6 Å². The molecule has 0 saturated carbocycles. The van der Waals surface area contributed by atoms with E-state index in [-0.39, 0.29) is 10.6 Å². The summed E-state index contributed by atoms with van der Waals surface area (Å²) >= 11 is 0. The van der Waals surface area contributed by atoms with Crippen LogP contribution in [0.1, 0.15) is 32.3 Å². The lowest BCUT2D eigenvalue weighted by molar-refractivity contribution is -0.111. The zero-order chi connectivity index (χ0) is 22.4. The van der Waals surface area contributed by atoms with Gasteiger partial charge in [-0.15, -0.1) is 0 Å². The Kier molecular flexibility index (Phi) is 7.46. The smallest absolute Gasteiger partial charge is 0.248 e. The number of halogens is 1. The van der Waals surface area contributed by atoms with Crippen molar-refractivity contribution in [2.45, 2.75) is 31.6 Å². The van der Waals surface area contributed by atoms with Gasteiger partial charge in [0.15, 0.2) is 0 Å². The van der Waals surface area contributed by atoms with Crippen molar-refractivity contribution in [2.75, 3.05) is 36.4 Å². The van der Waals surface area contributed by atoms with Gasteiger partial charge in [-0.2, -0.15) is 4.31 Å². The molecule has 1 saturated heterocycles. The summed E-state index contributed by atoms with van der Waals surface area (Å²) in [5.74, 6) is -0.928. The SMILES string of the molecule is CCN(CC)S(=O)(=O)c1ccc(/C=C/C(=O)Nc2c(F)cccc2N2CCCC2)cc1. The summed E-state index contributed by atoms with van der Waals surface area (Å²) in [6.07, 6.45) is 4.97. The second-order valence-electron chi connectivity index (χ2n) is 7.31. The van der Waals surface area contributed by atoms with Gasteiger partial charge in [0.1, 0.15) is 11.5 Å². The predicted molar refractivity (Wildman–Crippen MR) is 122 cm³/mol. The van der Waals surface area contributed by atoms with Crippen LogP contribution in [0.2, 0.25) is 0 Å². The van der Waals surface area contributed by atoms with Crippen LogP contribution in [0.4, 0.5) is 15.8 Å². The Morgan fingerprint density at radius 1 is 1.10 bits per heavy atom. The first kappa shape index (κ1) is 23.0. The Balaban J connectivity index is 1.71. The molecular formula is C23H28FN3O3S. The number of carbonyl (C=O) groups excluding carboxylic acids is 1. The third kappa shape index (κ3) is 5.32. The van der Waals surface area contributed by atoms with Crippen molar-refractivity contribution in [2.24, 2.45) is 0 Å². The lowest BCUT2D eigenvalue weighted by Gasteiger charge is -2.21. The van der Waals surface area contributed by atoms with Crippen molar-refractivity contribution in [1.82, 2.24) is 4.31 Å². The molecule has 0 aliphatic carbocycles. The highest BCUT2D eigenvalue weighted by Crippen LogP contribution is 2.31. The molecule has 1 heterocycles. The van der Waals surface area contributed by atoms with E-state index in [1.807, 2.05) is 6.07 Å². The van der Waals surface area contributed by atoms with Gasteiger partial charge >= 0.3 is 0 Å². The minimum absolute atomic E-state index is 0.180. The van der Waals surface area contributed by atoms with E-state index < -0.39 is 21.7 Å². The number of anilines is 2. The molecule has 2 aromatic carbocycles. The molecule has 31 heavy (non-hydrogen) atoms. The van der Waals surface area contributed by atoms with Gasteiger partial charge < -0.3 is 10.2 Å². The molecule has 0 radical (unpaired) electrons. The van der Waals surface area contributed by atoms with E-state index in [2.05, 4.69) is 10.2 Å². The molecule has 1 fully saturated rings. The summed E-state index contributed by atoms with van der Waals surface area (Å²) < 4.78 is 40.9. The number of rotatable bonds is 8. The minimum Gasteiger partial charge on any atom is -0.370 e. The van der Waals surface area contributed by atoms with Gasteiger partial charge in [0, 0.05) is 32.3 Å². The van der Waals surface area contributed by atoms with Crippen LogP contribution in [-0.4, -0.2) is 44.8 Å². The first-order valence-electron chi connectivity index (χ1n) is 10.5. The molecule has 166 valence electrons. The Morgan fingerprint density at radius 3 is 2.35 bits per heavy atom. The molecule has 0 spiro atoms. The maximum Gasteiger partial charge on any atom is 0.248 e. The standard InChI is InChI=1S/C23H28FN3O3S/c1-3-27(4-2)31(29,30)19-13-10-18(11-14-19)12-15-22(28)25-23-20(24)8-7-9-21(23)26-16-5-6-17-26/h7-15H,3-6,16-17H2,1-2H3,(H,25,28)/b15-12+. The molecule has 0 unspecified atom stereocenters. The van der Waals surface area contributed by atoms with Crippen molar-refractivity contribution in [3.8, 4) is 0 Å². The van der Waals surface area contributed by atoms with Gasteiger partial charge in [-0.05, 0) is 48.7 Å². The molecule has 1 aliphatic rings. The highest BCUT2D eigenvalue weighted by Gasteiger charge is 2.21. The topological polar surface area (TPSA) is 69.7 Å². The maximum atomic E-state index is 14.4. The maximum absolute atomic E-state index is 14.4. The Labute approximate surface area is 183 Å². The van der Waals surface area contributed by atoms with E-state index in [0.717, 1.165) is 25.9 Å². The van der Waals surface area contributed by atoms with Crippen LogP contribution in [0.5, 0.6) is 0 Å². The third-order valence-corrected chi connectivity index (χ3v) is 7.40. The van der Waals surface area contributed by atoms with Crippen molar-refractivity contribution >= 4 is 33.4 Å². The van der Waals surface area contributed by atoms with Crippen LogP contribution < -0.4 is 10.2 Å². The summed E-state index contributed by atoms with van der Waals surface area (Å²) in [5, 5.41) is 2.65. The molecule has 0 atom stereocenters. The first-order chi connectivity index (χ1) is 14.9. The summed E-state index contributed by atoms with van der Waals surface area (Å²) in [7, 11) is -3.52. The molecule has 1 N–H and O–H groups in total. The van der Waals surface area contributed by atoms with Gasteiger partial charge in [-0.1, -0.05) is 32.0 Å². The van der Waals surface area contributed by atoms with Crippen LogP contribution in [0, 0.1) is 5.82 Å². The van der Waals surface area contributed by atoms with E-state index in [1.165, 1.54) is 28.6 Å². The lowest BCUT2D eigenvalue weighted by atomic mass is 10.2. The van der Waals surface area contributed by atoms with Gasteiger partial charge in [0.05, 0.1) is 10.6 Å². The molecule has 1 amide bonds. The molecule has 2 aromatic rings. The van der Waals surface area contributed by atoms with Gasteiger partial charge in [0.2, 0.25) is 15.9 Å². The second kappa shape index (κ2) is 10.1. The molecule has 6 nitrogen and oxygen atoms in total. The van der Waals surface area contributed by atoms with Crippen LogP contribution in [0.3, 0.4) is 0 Å². The number of nitrogens with zero attached hydrogens (tertiary/aromatic N) is 2. The Morgan fingerprint density at radius 2 is 1.74 bits per heavy atom. The fourth-order valence-electron chi connectivity index (χ4n) is 3.66. The van der Waals surface area contributed by atoms with Crippen molar-refractivity contribution in [1.29, 1.82) is 0 Å². The van der Waals surface area contributed by atoms with Gasteiger partial charge in [-0.25, -0.2) is 12.8 Å². The van der Waals surface area contributed by atoms with Crippen molar-refractivity contribution in [3.05, 3.63) is 59.9 Å². The van der Waals surface area contributed by atoms with Gasteiger partial charge in [0.25, 0.3) is 0 Å². The number of carbonyl (C=O) groups is 1. The number of amides is 1. The van der Waals surface area contributed by atoms with E-state index in [9.17, 15) is 17.6 Å². The summed E-state index contributed by atoms with van der Waals surface area (Å²) in [6.45, 7) is 6.06. The number of hydrogen-bond acceptors (Lipinski definition) is 4. The van der Waals surface area contributed by atoms with E-state index in [1.54, 1.807) is 38.1 Å². The highest BCUT2D eigenvalue weighted by molar-refractivity contribution is 7.89. The number of sulfonamides is 1. The minimum atomic E-state index is -3.52. The highest BCUT2D eigenvalue weighted by atomic mass is 32.2. The quantitative estimate of drug-likeness (QED) is 0.621. The lowest BCUT2D eigenvalue weighted by Crippen LogP contribution is -2.30. The molecule has 0 aromatic heterocycles. The second-order valence-corrected chi connectivity index (χ2v) is 9.25. The van der Waals surface area contributed by atoms with E-state index in [0.29, 0.717) is 24.3 Å². The Hall–Kier alpha value is -2.71. The van der Waals surface area contributed by atoms with Gasteiger partial charge in [-0.3, -0.25) is 4.79 Å². The van der Waals surface area contributed by atoms with E-state index in [4.69, 9.17) is 0 Å². The predicted octanol–water partition coefficient (Wildman–Crippen LogP) is 4.11. The average Bonchev–Trinajstić information content (AvgIpc) is 3.29. The van der Waals surface area contributed by atoms with Crippen molar-refractivity contribution in [3.63, 3.8) is 0 Å². The zero-order valence-electron chi connectivity index (χ0n) is 17.8. The monoisotopic (exact) mass is 445 g/mol. The first-order valence-corrected chi connectivity index (χ1v) is 11.9. The van der Waals surface area contributed by atoms with Crippen LogP contribution in [0.15, 0.2) is 53.4 Å². The summed E-state index contributed by atoms with van der Waals surface area (Å²) in [5.41, 5.74) is 1.53. The fourth-order valence-corrected chi connectivity index (χ4v) is 5.12. The molecule has 8 heteroatoms. The number of benzene rings is 2. The Bertz CT molecular complexity index is 1040. The average molecular weight is 446 g/mol. The molecule has 1 aliphatic heterocycles. The number of para-hydroxylation sites is 1. The van der Waals surface area contributed by atoms with Crippen LogP contribution in [0.25, 0.3) is 6.08 Å². The molecule has 3 rings (SSSR count). The normalized spacial score (nSPS) is 14.5. The summed E-state index contributed by atoms with van der Waals surface area (Å²) in [6, 6.07) is 11.1. The molecular weight excluding hydrogens is 417 g/mol. The zero-order valence-corrected chi connectivity index (χ0v) is 18.7. The molecule has 0 bridgehead atoms. The largest absolute Gasteiger partial charge is 0.370 e. The fraction of sp³-hybridized carbons (Fsp3) is 0.348. The van der Waals surface area contributed by atoms with Crippen LogP contribution >= 0.6 is 0 Å².